The van der Waals surface area contributed by atoms with Crippen LogP contribution in [0.4, 0.5) is 5.69 Å². The Morgan fingerprint density at radius 1 is 1.18 bits per heavy atom. The molecule has 0 aliphatic carbocycles. The van der Waals surface area contributed by atoms with Crippen LogP contribution in [0.25, 0.3) is 9.88 Å². The summed E-state index contributed by atoms with van der Waals surface area (Å²) in [5, 5.41) is 5.63. The van der Waals surface area contributed by atoms with Crippen LogP contribution in [0, 0.1) is 13.8 Å². The molecule has 0 atom stereocenters. The second kappa shape index (κ2) is 8.67. The van der Waals surface area contributed by atoms with Crippen LogP contribution in [0.2, 0.25) is 0 Å². The second-order valence-corrected chi connectivity index (χ2v) is 8.68. The monoisotopic (exact) mass is 414 g/mol. The predicted octanol–water partition coefficient (Wildman–Crippen LogP) is 5.41. The number of rotatable bonds is 6. The number of nitrogens with zero attached hydrogens (tertiary/aromatic N) is 1. The largest absolute Gasteiger partial charge is 0.451 e. The molecule has 1 N–H and O–H groups in total. The summed E-state index contributed by atoms with van der Waals surface area (Å²) in [7, 11) is 0. The first-order valence-electron chi connectivity index (χ1n) is 8.94. The Hall–Kier alpha value is -2.51. The van der Waals surface area contributed by atoms with E-state index in [4.69, 9.17) is 4.74 Å². The van der Waals surface area contributed by atoms with Crippen molar-refractivity contribution in [3.05, 3.63) is 57.4 Å². The molecule has 3 rings (SSSR count). The van der Waals surface area contributed by atoms with Crippen molar-refractivity contribution in [1.82, 2.24) is 4.98 Å². The summed E-state index contributed by atoms with van der Waals surface area (Å²) in [6, 6.07) is 9.81. The van der Waals surface area contributed by atoms with Gasteiger partial charge in [-0.15, -0.1) is 22.7 Å². The van der Waals surface area contributed by atoms with Gasteiger partial charge in [0.25, 0.3) is 5.91 Å². The molecule has 28 heavy (non-hydrogen) atoms. The molecule has 1 aromatic carbocycles. The second-order valence-electron chi connectivity index (χ2n) is 6.73. The maximum absolute atomic E-state index is 12.4. The lowest BCUT2D eigenvalue weighted by Crippen LogP contribution is -2.22. The highest BCUT2D eigenvalue weighted by molar-refractivity contribution is 7.22. The van der Waals surface area contributed by atoms with Crippen molar-refractivity contribution < 1.29 is 14.3 Å². The molecular formula is C21H22N2O3S2. The molecule has 2 aromatic heterocycles. The molecule has 7 heteroatoms. The molecule has 0 aliphatic rings. The zero-order valence-corrected chi connectivity index (χ0v) is 17.9. The number of nitrogens with one attached hydrogen (secondary N) is 1. The molecule has 1 amide bonds. The number of ether oxygens (including phenoxy) is 1. The number of aryl methyl sites for hydroxylation is 2. The first-order valence-corrected chi connectivity index (χ1v) is 10.6. The summed E-state index contributed by atoms with van der Waals surface area (Å²) in [4.78, 5) is 30.6. The quantitative estimate of drug-likeness (QED) is 0.548. The van der Waals surface area contributed by atoms with E-state index >= 15 is 0 Å². The SMILES string of the molecule is Cc1cccc(C(C)C)c1NC(=O)COC(=O)c1sc(-c2cccs2)nc1C. The average molecular weight is 415 g/mol. The van der Waals surface area contributed by atoms with E-state index in [1.165, 1.54) is 11.3 Å². The average Bonchev–Trinajstić information content (AvgIpc) is 3.30. The minimum Gasteiger partial charge on any atom is -0.451 e. The minimum absolute atomic E-state index is 0.272. The van der Waals surface area contributed by atoms with Crippen LogP contribution in [0.3, 0.4) is 0 Å². The number of esters is 1. The van der Waals surface area contributed by atoms with Crippen LogP contribution in [0.15, 0.2) is 35.7 Å². The topological polar surface area (TPSA) is 68.3 Å². The third-order valence-electron chi connectivity index (χ3n) is 4.24. The van der Waals surface area contributed by atoms with Gasteiger partial charge in [-0.05, 0) is 42.3 Å². The van der Waals surface area contributed by atoms with Crippen LogP contribution in [-0.4, -0.2) is 23.5 Å². The zero-order valence-electron chi connectivity index (χ0n) is 16.2. The molecular weight excluding hydrogens is 392 g/mol. The first kappa shape index (κ1) is 20.2. The molecule has 2 heterocycles. The van der Waals surface area contributed by atoms with Gasteiger partial charge in [-0.3, -0.25) is 4.79 Å². The number of hydrogen-bond donors (Lipinski definition) is 1. The summed E-state index contributed by atoms with van der Waals surface area (Å²) < 4.78 is 5.24. The van der Waals surface area contributed by atoms with Gasteiger partial charge in [0.1, 0.15) is 9.88 Å². The lowest BCUT2D eigenvalue weighted by atomic mass is 9.98. The van der Waals surface area contributed by atoms with Crippen molar-refractivity contribution in [2.75, 3.05) is 11.9 Å². The molecule has 146 valence electrons. The van der Waals surface area contributed by atoms with Gasteiger partial charge in [0.05, 0.1) is 10.6 Å². The van der Waals surface area contributed by atoms with E-state index in [1.807, 2.05) is 42.6 Å². The highest BCUT2D eigenvalue weighted by Gasteiger charge is 2.20. The van der Waals surface area contributed by atoms with Crippen molar-refractivity contribution in [2.24, 2.45) is 0 Å². The Labute approximate surface area is 172 Å². The number of carbonyl (C=O) groups is 2. The molecule has 3 aromatic rings. The lowest BCUT2D eigenvalue weighted by Gasteiger charge is -2.16. The summed E-state index contributed by atoms with van der Waals surface area (Å²) in [6.07, 6.45) is 0. The highest BCUT2D eigenvalue weighted by Crippen LogP contribution is 2.31. The maximum atomic E-state index is 12.4. The molecule has 0 fully saturated rings. The normalized spacial score (nSPS) is 10.9. The van der Waals surface area contributed by atoms with Gasteiger partial charge in [-0.2, -0.15) is 0 Å². The smallest absolute Gasteiger partial charge is 0.350 e. The standard InChI is InChI=1S/C21H22N2O3S2/c1-12(2)15-8-5-7-13(3)18(15)23-17(24)11-26-21(25)19-14(4)22-20(28-19)16-9-6-10-27-16/h5-10,12H,11H2,1-4H3,(H,23,24). The number of para-hydroxylation sites is 1. The summed E-state index contributed by atoms with van der Waals surface area (Å²) in [5.41, 5.74) is 3.43. The van der Waals surface area contributed by atoms with Crippen LogP contribution in [0.5, 0.6) is 0 Å². The fourth-order valence-electron chi connectivity index (χ4n) is 2.81. The number of hydrogen-bond acceptors (Lipinski definition) is 6. The van der Waals surface area contributed by atoms with Gasteiger partial charge in [0.15, 0.2) is 6.61 Å². The van der Waals surface area contributed by atoms with Gasteiger partial charge >= 0.3 is 5.97 Å². The van der Waals surface area contributed by atoms with Gasteiger partial charge in [0.2, 0.25) is 0 Å². The fourth-order valence-corrected chi connectivity index (χ4v) is 4.56. The Morgan fingerprint density at radius 2 is 1.96 bits per heavy atom. The van der Waals surface area contributed by atoms with Crippen LogP contribution < -0.4 is 5.32 Å². The minimum atomic E-state index is -0.526. The molecule has 0 spiro atoms. The van der Waals surface area contributed by atoms with Crippen molar-refractivity contribution in [1.29, 1.82) is 0 Å². The van der Waals surface area contributed by atoms with Crippen LogP contribution >= 0.6 is 22.7 Å². The van der Waals surface area contributed by atoms with Gasteiger partial charge in [-0.25, -0.2) is 9.78 Å². The molecule has 0 bridgehead atoms. The number of thiazole rings is 1. The number of thiophene rings is 1. The zero-order chi connectivity index (χ0) is 20.3. The Balaban J connectivity index is 1.65. The van der Waals surface area contributed by atoms with Crippen molar-refractivity contribution in [3.8, 4) is 9.88 Å². The van der Waals surface area contributed by atoms with Gasteiger partial charge in [0, 0.05) is 5.69 Å². The lowest BCUT2D eigenvalue weighted by molar-refractivity contribution is -0.119. The van der Waals surface area contributed by atoms with Crippen molar-refractivity contribution in [3.63, 3.8) is 0 Å². The van der Waals surface area contributed by atoms with E-state index in [9.17, 15) is 9.59 Å². The van der Waals surface area contributed by atoms with E-state index in [0.717, 1.165) is 26.7 Å². The number of carbonyl (C=O) groups excluding carboxylic acids is 2. The van der Waals surface area contributed by atoms with E-state index < -0.39 is 5.97 Å². The molecule has 0 radical (unpaired) electrons. The van der Waals surface area contributed by atoms with Crippen LogP contribution in [-0.2, 0) is 9.53 Å². The Kier molecular flexibility index (Phi) is 6.26. The fraction of sp³-hybridized carbons (Fsp3) is 0.286. The summed E-state index contributed by atoms with van der Waals surface area (Å²) >= 11 is 2.85. The van der Waals surface area contributed by atoms with E-state index in [1.54, 1.807) is 18.3 Å². The number of amides is 1. The molecule has 0 unspecified atom stereocenters. The van der Waals surface area contributed by atoms with E-state index in [2.05, 4.69) is 24.1 Å². The number of benzene rings is 1. The Bertz CT molecular complexity index is 991. The van der Waals surface area contributed by atoms with E-state index in [-0.39, 0.29) is 18.4 Å². The number of anilines is 1. The first-order chi connectivity index (χ1) is 13.4. The van der Waals surface area contributed by atoms with Gasteiger partial charge in [-0.1, -0.05) is 38.1 Å². The maximum Gasteiger partial charge on any atom is 0.350 e. The summed E-state index contributed by atoms with van der Waals surface area (Å²) in [6.45, 7) is 7.52. The van der Waals surface area contributed by atoms with Gasteiger partial charge < -0.3 is 10.1 Å². The number of aromatic nitrogens is 1. The molecule has 0 saturated heterocycles. The third-order valence-corrected chi connectivity index (χ3v) is 6.42. The van der Waals surface area contributed by atoms with Crippen LogP contribution in [0.1, 0.15) is 46.3 Å². The summed E-state index contributed by atoms with van der Waals surface area (Å²) in [5.74, 6) is -0.611. The molecule has 5 nitrogen and oxygen atoms in total. The molecule has 0 saturated carbocycles. The third kappa shape index (κ3) is 4.48. The predicted molar refractivity (Wildman–Crippen MR) is 114 cm³/mol. The van der Waals surface area contributed by atoms with Crippen molar-refractivity contribution in [2.45, 2.75) is 33.6 Å². The van der Waals surface area contributed by atoms with E-state index in [0.29, 0.717) is 10.6 Å². The van der Waals surface area contributed by atoms with Crippen molar-refractivity contribution >= 4 is 40.2 Å². The highest BCUT2D eigenvalue weighted by atomic mass is 32.1. The molecule has 0 aliphatic heterocycles. The Morgan fingerprint density at radius 3 is 2.64 bits per heavy atom.